The van der Waals surface area contributed by atoms with Crippen molar-refractivity contribution in [3.05, 3.63) is 54.1 Å². The Kier molecular flexibility index (Phi) is 3.87. The van der Waals surface area contributed by atoms with Gasteiger partial charge < -0.3 is 19.7 Å². The Morgan fingerprint density at radius 2 is 1.75 bits per heavy atom. The van der Waals surface area contributed by atoms with Crippen LogP contribution in [0.25, 0.3) is 0 Å². The molecular formula is C20H20N4O4. The van der Waals surface area contributed by atoms with E-state index in [2.05, 4.69) is 10.7 Å². The third kappa shape index (κ3) is 2.82. The fourth-order valence-electron chi connectivity index (χ4n) is 3.85. The zero-order valence-corrected chi connectivity index (χ0v) is 15.2. The molecule has 144 valence electrons. The molecular weight excluding hydrogens is 360 g/mol. The van der Waals surface area contributed by atoms with E-state index < -0.39 is 5.66 Å². The van der Waals surface area contributed by atoms with Crippen LogP contribution in [-0.4, -0.2) is 42.4 Å². The largest absolute Gasteiger partial charge is 0.454 e. The quantitative estimate of drug-likeness (QED) is 0.834. The van der Waals surface area contributed by atoms with Gasteiger partial charge in [0.2, 0.25) is 6.79 Å². The number of amides is 3. The number of urea groups is 1. The number of carbonyl (C=O) groups excluding carboxylic acids is 2. The second-order valence-electron chi connectivity index (χ2n) is 7.16. The van der Waals surface area contributed by atoms with Gasteiger partial charge in [-0.3, -0.25) is 4.79 Å². The van der Waals surface area contributed by atoms with Gasteiger partial charge in [-0.25, -0.2) is 15.2 Å². The summed E-state index contributed by atoms with van der Waals surface area (Å²) >= 11 is 0. The number of nitrogens with one attached hydrogen (secondary N) is 2. The van der Waals surface area contributed by atoms with Crippen molar-refractivity contribution in [2.45, 2.75) is 18.5 Å². The molecule has 2 aromatic carbocycles. The highest BCUT2D eigenvalue weighted by Gasteiger charge is 2.45. The van der Waals surface area contributed by atoms with Gasteiger partial charge in [0.15, 0.2) is 11.5 Å². The minimum Gasteiger partial charge on any atom is -0.454 e. The molecule has 0 unspecified atom stereocenters. The number of ether oxygens (including phenoxy) is 2. The number of likely N-dealkylation sites (tertiary alicyclic amines) is 1. The number of hydrazine groups is 1. The molecule has 8 heteroatoms. The molecule has 2 aromatic rings. The van der Waals surface area contributed by atoms with Crippen molar-refractivity contribution in [3.63, 3.8) is 0 Å². The Bertz CT molecular complexity index is 925. The predicted molar refractivity (Wildman–Crippen MR) is 101 cm³/mol. The first-order valence-corrected chi connectivity index (χ1v) is 9.28. The van der Waals surface area contributed by atoms with Gasteiger partial charge in [-0.05, 0) is 30.3 Å². The fourth-order valence-corrected chi connectivity index (χ4v) is 3.85. The lowest BCUT2D eigenvalue weighted by Gasteiger charge is -2.38. The molecule has 3 heterocycles. The van der Waals surface area contributed by atoms with Gasteiger partial charge in [0, 0.05) is 31.5 Å². The highest BCUT2D eigenvalue weighted by atomic mass is 16.7. The Labute approximate surface area is 162 Å². The number of fused-ring (bicyclic) bond motifs is 1. The van der Waals surface area contributed by atoms with E-state index in [1.807, 2.05) is 35.2 Å². The summed E-state index contributed by atoms with van der Waals surface area (Å²) in [4.78, 5) is 27.1. The summed E-state index contributed by atoms with van der Waals surface area (Å²) in [5.41, 5.74) is 4.14. The summed E-state index contributed by atoms with van der Waals surface area (Å²) in [5.74, 6) is 1.22. The van der Waals surface area contributed by atoms with Crippen LogP contribution in [0, 0.1) is 0 Å². The second-order valence-corrected chi connectivity index (χ2v) is 7.16. The molecule has 5 rings (SSSR count). The SMILES string of the molecule is O=C(c1ccc2c(c1)OCO2)N1CCC2(CC1)NC(=O)N(c1ccccc1)N2. The van der Waals surface area contributed by atoms with E-state index in [9.17, 15) is 9.59 Å². The zero-order valence-electron chi connectivity index (χ0n) is 15.2. The summed E-state index contributed by atoms with van der Waals surface area (Å²) in [7, 11) is 0. The number of anilines is 1. The van der Waals surface area contributed by atoms with Crippen LogP contribution in [-0.2, 0) is 0 Å². The molecule has 0 aromatic heterocycles. The van der Waals surface area contributed by atoms with E-state index >= 15 is 0 Å². The molecule has 2 N–H and O–H groups in total. The highest BCUT2D eigenvalue weighted by molar-refractivity contribution is 5.95. The van der Waals surface area contributed by atoms with Gasteiger partial charge in [-0.2, -0.15) is 0 Å². The smallest absolute Gasteiger partial charge is 0.338 e. The third-order valence-corrected chi connectivity index (χ3v) is 5.41. The molecule has 3 aliphatic rings. The molecule has 0 radical (unpaired) electrons. The van der Waals surface area contributed by atoms with Crippen molar-refractivity contribution < 1.29 is 19.1 Å². The summed E-state index contributed by atoms with van der Waals surface area (Å²) in [6.07, 6.45) is 1.25. The maximum atomic E-state index is 12.9. The lowest BCUT2D eigenvalue weighted by atomic mass is 9.97. The van der Waals surface area contributed by atoms with Crippen LogP contribution in [0.15, 0.2) is 48.5 Å². The topological polar surface area (TPSA) is 83.1 Å². The number of nitrogens with zero attached hydrogens (tertiary/aromatic N) is 2. The first kappa shape index (κ1) is 16.9. The number of para-hydroxylation sites is 1. The maximum Gasteiger partial charge on any atom is 0.338 e. The van der Waals surface area contributed by atoms with Crippen LogP contribution < -0.4 is 25.2 Å². The Hall–Kier alpha value is -3.26. The molecule has 0 atom stereocenters. The van der Waals surface area contributed by atoms with E-state index in [-0.39, 0.29) is 18.7 Å². The van der Waals surface area contributed by atoms with Crippen LogP contribution in [0.2, 0.25) is 0 Å². The van der Waals surface area contributed by atoms with Crippen LogP contribution in [0.1, 0.15) is 23.2 Å². The third-order valence-electron chi connectivity index (χ3n) is 5.41. The Morgan fingerprint density at radius 3 is 2.54 bits per heavy atom. The van der Waals surface area contributed by atoms with E-state index in [1.165, 1.54) is 5.01 Å². The predicted octanol–water partition coefficient (Wildman–Crippen LogP) is 2.08. The molecule has 2 fully saturated rings. The number of carbonyl (C=O) groups is 2. The van der Waals surface area contributed by atoms with Crippen LogP contribution >= 0.6 is 0 Å². The van der Waals surface area contributed by atoms with Gasteiger partial charge in [0.05, 0.1) is 5.69 Å². The number of piperidine rings is 1. The fraction of sp³-hybridized carbons (Fsp3) is 0.300. The van der Waals surface area contributed by atoms with Crippen molar-refractivity contribution in [2.75, 3.05) is 24.9 Å². The minimum absolute atomic E-state index is 0.0441. The van der Waals surface area contributed by atoms with E-state index in [0.717, 1.165) is 5.69 Å². The zero-order chi connectivity index (χ0) is 19.1. The maximum absolute atomic E-state index is 12.9. The molecule has 1 spiro atoms. The first-order chi connectivity index (χ1) is 13.6. The van der Waals surface area contributed by atoms with Crippen molar-refractivity contribution in [1.82, 2.24) is 15.6 Å². The normalized spacial score (nSPS) is 19.8. The van der Waals surface area contributed by atoms with Gasteiger partial charge >= 0.3 is 6.03 Å². The van der Waals surface area contributed by atoms with Gasteiger partial charge in [0.1, 0.15) is 5.66 Å². The molecule has 2 saturated heterocycles. The van der Waals surface area contributed by atoms with E-state index in [1.54, 1.807) is 18.2 Å². The molecule has 8 nitrogen and oxygen atoms in total. The summed E-state index contributed by atoms with van der Waals surface area (Å²) in [5, 5.41) is 4.59. The van der Waals surface area contributed by atoms with E-state index in [4.69, 9.17) is 9.47 Å². The standard InChI is InChI=1S/C20H20N4O4/c25-18(14-6-7-16-17(12-14)28-13-27-16)23-10-8-20(9-11-23)21-19(26)24(22-20)15-4-2-1-3-5-15/h1-7,12,22H,8-11,13H2,(H,21,26). The van der Waals surface area contributed by atoms with Gasteiger partial charge in [-0.1, -0.05) is 18.2 Å². The molecule has 28 heavy (non-hydrogen) atoms. The van der Waals surface area contributed by atoms with Crippen molar-refractivity contribution in [1.29, 1.82) is 0 Å². The molecule has 0 saturated carbocycles. The second kappa shape index (κ2) is 6.42. The highest BCUT2D eigenvalue weighted by Crippen LogP contribution is 2.33. The Balaban J connectivity index is 1.26. The van der Waals surface area contributed by atoms with E-state index in [0.29, 0.717) is 43.0 Å². The number of hydrogen-bond donors (Lipinski definition) is 2. The van der Waals surface area contributed by atoms with Crippen LogP contribution in [0.4, 0.5) is 10.5 Å². The van der Waals surface area contributed by atoms with Gasteiger partial charge in [-0.15, -0.1) is 0 Å². The van der Waals surface area contributed by atoms with Crippen LogP contribution in [0.3, 0.4) is 0 Å². The van der Waals surface area contributed by atoms with Crippen molar-refractivity contribution in [2.24, 2.45) is 0 Å². The average molecular weight is 380 g/mol. The monoisotopic (exact) mass is 380 g/mol. The Morgan fingerprint density at radius 1 is 1.00 bits per heavy atom. The van der Waals surface area contributed by atoms with Crippen molar-refractivity contribution >= 4 is 17.6 Å². The first-order valence-electron chi connectivity index (χ1n) is 9.28. The summed E-state index contributed by atoms with van der Waals surface area (Å²) < 4.78 is 10.7. The molecule has 3 amide bonds. The minimum atomic E-state index is -0.529. The summed E-state index contributed by atoms with van der Waals surface area (Å²) in [6.45, 7) is 1.27. The van der Waals surface area contributed by atoms with Crippen molar-refractivity contribution in [3.8, 4) is 11.5 Å². The van der Waals surface area contributed by atoms with Gasteiger partial charge in [0.25, 0.3) is 5.91 Å². The number of rotatable bonds is 2. The number of hydrogen-bond acceptors (Lipinski definition) is 5. The lowest BCUT2D eigenvalue weighted by molar-refractivity contribution is 0.0640. The number of benzene rings is 2. The summed E-state index contributed by atoms with van der Waals surface area (Å²) in [6, 6.07) is 14.5. The van der Waals surface area contributed by atoms with Crippen LogP contribution in [0.5, 0.6) is 11.5 Å². The lowest BCUT2D eigenvalue weighted by Crippen LogP contribution is -2.58. The molecule has 0 aliphatic carbocycles. The average Bonchev–Trinajstić information content (AvgIpc) is 3.32. The molecule has 0 bridgehead atoms. The molecule has 3 aliphatic heterocycles.